The Kier molecular flexibility index (Phi) is 29.1. The fourth-order valence-corrected chi connectivity index (χ4v) is 10.6. The van der Waals surface area contributed by atoms with E-state index in [0.717, 1.165) is 129 Å². The van der Waals surface area contributed by atoms with Crippen molar-refractivity contribution >= 4 is 39.7 Å². The molecule has 346 valence electrons. The maximum absolute atomic E-state index is 11.4. The molecule has 0 spiro atoms. The van der Waals surface area contributed by atoms with Gasteiger partial charge in [-0.15, -0.1) is 0 Å². The normalized spacial score (nSPS) is 13.8. The Morgan fingerprint density at radius 2 is 0.614 bits per heavy atom. The molecule has 57 heavy (non-hydrogen) atoms. The fourth-order valence-electron chi connectivity index (χ4n) is 6.87. The largest absolute Gasteiger partial charge is 0.381 e. The summed E-state index contributed by atoms with van der Waals surface area (Å²) in [5, 5.41) is 10.1. The van der Waals surface area contributed by atoms with Crippen molar-refractivity contribution in [2.75, 3.05) is 62.0 Å². The summed E-state index contributed by atoms with van der Waals surface area (Å²) in [6.07, 6.45) is 20.8. The Hall–Kier alpha value is -0.360. The number of primary sulfonamides is 2. The molecule has 0 bridgehead atoms. The molecule has 16 heteroatoms. The average molecular weight is 897 g/mol. The number of sulfone groups is 2. The summed E-state index contributed by atoms with van der Waals surface area (Å²) in [7, 11) is -12.5. The van der Waals surface area contributed by atoms with Gasteiger partial charge in [-0.1, -0.05) is 93.9 Å². The summed E-state index contributed by atoms with van der Waals surface area (Å²) in [6.45, 7) is 20.2. The van der Waals surface area contributed by atoms with Gasteiger partial charge in [0.2, 0.25) is 20.0 Å². The number of nitrogens with two attached hydrogens (primary N) is 2. The monoisotopic (exact) mass is 897 g/mol. The lowest BCUT2D eigenvalue weighted by Gasteiger charge is -2.24. The molecule has 0 amide bonds. The first-order valence-electron chi connectivity index (χ1n) is 21.3. The molecule has 0 aromatic rings. The molecule has 0 unspecified atom stereocenters. The van der Waals surface area contributed by atoms with Gasteiger partial charge in [0, 0.05) is 38.9 Å². The molecule has 0 saturated heterocycles. The predicted octanol–water partition coefficient (Wildman–Crippen LogP) is 8.19. The van der Waals surface area contributed by atoms with Gasteiger partial charge in [0.15, 0.2) is 0 Å². The molecule has 0 atom stereocenters. The van der Waals surface area contributed by atoms with Gasteiger partial charge < -0.3 is 9.47 Å². The number of hydrogen-bond acceptors (Lipinski definition) is 10. The summed E-state index contributed by atoms with van der Waals surface area (Å²) >= 11 is 0. The third-order valence-corrected chi connectivity index (χ3v) is 14.4. The summed E-state index contributed by atoms with van der Waals surface area (Å²) in [4.78, 5) is 0. The van der Waals surface area contributed by atoms with Crippen LogP contribution in [0.5, 0.6) is 0 Å². The first kappa shape index (κ1) is 58.7. The van der Waals surface area contributed by atoms with Crippen molar-refractivity contribution in [2.24, 2.45) is 31.9 Å². The molecule has 0 saturated carbocycles. The second-order valence-electron chi connectivity index (χ2n) is 19.8. The SMILES string of the molecule is CC(C)(CCCCOCCCCC(C)(C)CCS(C)(=O)=O)CCCCS(N)(=O)=O.CC(C)(CCCCOCCCCC(C)(C)CS(C)(=O)=O)CCCCS(N)(=O)=O. The molecule has 0 heterocycles. The maximum atomic E-state index is 11.4. The van der Waals surface area contributed by atoms with E-state index in [4.69, 9.17) is 19.8 Å². The lowest BCUT2D eigenvalue weighted by Crippen LogP contribution is -2.23. The molecular formula is C41H88N2O10S4. The second kappa shape index (κ2) is 28.3. The van der Waals surface area contributed by atoms with Crippen LogP contribution in [0.2, 0.25) is 0 Å². The van der Waals surface area contributed by atoms with E-state index in [2.05, 4.69) is 41.5 Å². The topological polar surface area (TPSA) is 207 Å². The average Bonchev–Trinajstić information content (AvgIpc) is 3.01. The Morgan fingerprint density at radius 1 is 0.351 bits per heavy atom. The van der Waals surface area contributed by atoms with Crippen molar-refractivity contribution in [1.82, 2.24) is 0 Å². The van der Waals surface area contributed by atoms with Crippen LogP contribution in [-0.2, 0) is 49.2 Å². The second-order valence-corrected chi connectivity index (χ2v) is 27.7. The van der Waals surface area contributed by atoms with Gasteiger partial charge in [0.05, 0.1) is 23.0 Å². The summed E-state index contributed by atoms with van der Waals surface area (Å²) in [5.74, 6) is 0.645. The van der Waals surface area contributed by atoms with Gasteiger partial charge in [-0.2, -0.15) is 0 Å². The lowest BCUT2D eigenvalue weighted by atomic mass is 9.82. The highest BCUT2D eigenvalue weighted by molar-refractivity contribution is 7.91. The molecular weight excluding hydrogens is 809 g/mol. The van der Waals surface area contributed by atoms with Crippen molar-refractivity contribution in [2.45, 2.75) is 177 Å². The molecule has 0 rings (SSSR count). The smallest absolute Gasteiger partial charge is 0.209 e. The Morgan fingerprint density at radius 3 is 0.877 bits per heavy atom. The van der Waals surface area contributed by atoms with E-state index >= 15 is 0 Å². The molecule has 12 nitrogen and oxygen atoms in total. The Balaban J connectivity index is 0. The van der Waals surface area contributed by atoms with E-state index in [1.54, 1.807) is 0 Å². The highest BCUT2D eigenvalue weighted by Gasteiger charge is 2.23. The van der Waals surface area contributed by atoms with Crippen molar-refractivity contribution in [1.29, 1.82) is 0 Å². The first-order chi connectivity index (χ1) is 25.7. The van der Waals surface area contributed by atoms with Crippen LogP contribution in [0, 0.1) is 21.7 Å². The molecule has 0 aliphatic carbocycles. The van der Waals surface area contributed by atoms with Crippen LogP contribution in [-0.4, -0.2) is 95.6 Å². The van der Waals surface area contributed by atoms with Gasteiger partial charge in [0.25, 0.3) is 0 Å². The van der Waals surface area contributed by atoms with E-state index < -0.39 is 39.7 Å². The summed E-state index contributed by atoms with van der Waals surface area (Å²) in [6, 6.07) is 0. The standard InChI is InChI=1S/C21H45NO5S2.C20H43NO5S2/c1-20(2,14-8-11-18-29(22,25)26)12-6-9-16-27-17-10-7-13-21(3,4)15-19-28(5,23)24;1-19(2,13-8-11-17-28(21,24)25)12-6-9-15-26-16-10-7-14-20(3,4)18-27(5,22)23/h6-19H2,1-5H3,(H2,22,25,26);6-18H2,1-5H3,(H2,21,24,25). The van der Waals surface area contributed by atoms with Crippen LogP contribution in [0.25, 0.3) is 0 Å². The number of ether oxygens (including phenoxy) is 2. The van der Waals surface area contributed by atoms with Gasteiger partial charge in [-0.05, 0) is 105 Å². The van der Waals surface area contributed by atoms with E-state index in [1.807, 2.05) is 13.8 Å². The van der Waals surface area contributed by atoms with E-state index in [0.29, 0.717) is 19.3 Å². The van der Waals surface area contributed by atoms with Gasteiger partial charge >= 0.3 is 0 Å². The number of unbranched alkanes of at least 4 members (excludes halogenated alkanes) is 6. The van der Waals surface area contributed by atoms with E-state index in [9.17, 15) is 33.7 Å². The minimum atomic E-state index is -3.34. The van der Waals surface area contributed by atoms with Crippen molar-refractivity contribution in [3.63, 3.8) is 0 Å². The Labute approximate surface area is 352 Å². The zero-order chi connectivity index (χ0) is 44.5. The Bertz CT molecular complexity index is 1490. The lowest BCUT2D eigenvalue weighted by molar-refractivity contribution is 0.120. The van der Waals surface area contributed by atoms with Crippen LogP contribution < -0.4 is 10.3 Å². The fraction of sp³-hybridized carbons (Fsp3) is 1.00. The molecule has 0 aliphatic heterocycles. The van der Waals surface area contributed by atoms with Gasteiger partial charge in [-0.3, -0.25) is 0 Å². The molecule has 0 aromatic carbocycles. The maximum Gasteiger partial charge on any atom is 0.209 e. The van der Waals surface area contributed by atoms with Gasteiger partial charge in [-0.25, -0.2) is 43.9 Å². The first-order valence-corrected chi connectivity index (χ1v) is 28.8. The van der Waals surface area contributed by atoms with Gasteiger partial charge in [0.1, 0.15) is 19.7 Å². The number of sulfonamides is 2. The zero-order valence-corrected chi connectivity index (χ0v) is 41.2. The molecule has 0 radical (unpaired) electrons. The molecule has 0 aliphatic rings. The number of rotatable bonds is 35. The van der Waals surface area contributed by atoms with E-state index in [-0.39, 0.29) is 44.7 Å². The molecule has 0 aromatic heterocycles. The molecule has 4 N–H and O–H groups in total. The number of hydrogen-bond donors (Lipinski definition) is 2. The van der Waals surface area contributed by atoms with Crippen LogP contribution in [0.3, 0.4) is 0 Å². The third kappa shape index (κ3) is 46.6. The van der Waals surface area contributed by atoms with Crippen LogP contribution in [0.15, 0.2) is 0 Å². The van der Waals surface area contributed by atoms with Crippen molar-refractivity contribution in [3.05, 3.63) is 0 Å². The minimum absolute atomic E-state index is 0.0585. The zero-order valence-electron chi connectivity index (χ0n) is 38.0. The predicted molar refractivity (Wildman–Crippen MR) is 240 cm³/mol. The highest BCUT2D eigenvalue weighted by Crippen LogP contribution is 2.31. The quantitative estimate of drug-likeness (QED) is 0.0583. The molecule has 0 fully saturated rings. The van der Waals surface area contributed by atoms with Crippen molar-refractivity contribution < 1.29 is 43.1 Å². The van der Waals surface area contributed by atoms with Crippen molar-refractivity contribution in [3.8, 4) is 0 Å². The van der Waals surface area contributed by atoms with E-state index in [1.165, 1.54) is 12.5 Å². The summed E-state index contributed by atoms with van der Waals surface area (Å²) in [5.41, 5.74) is 0.315. The minimum Gasteiger partial charge on any atom is -0.381 e. The van der Waals surface area contributed by atoms with Crippen LogP contribution >= 0.6 is 0 Å². The highest BCUT2D eigenvalue weighted by atomic mass is 32.2. The van der Waals surface area contributed by atoms with Crippen LogP contribution in [0.1, 0.15) is 177 Å². The summed E-state index contributed by atoms with van der Waals surface area (Å²) < 4.78 is 101. The third-order valence-electron chi connectivity index (χ3n) is 10.4. The van der Waals surface area contributed by atoms with Crippen LogP contribution in [0.4, 0.5) is 0 Å².